The van der Waals surface area contributed by atoms with Crippen LogP contribution in [0.15, 0.2) is 19.9 Å². The Morgan fingerprint density at radius 3 is 2.71 bits per heavy atom. The fourth-order valence-electron chi connectivity index (χ4n) is 2.52. The number of nitrogens with one attached hydrogen (secondary N) is 1. The van der Waals surface area contributed by atoms with Crippen LogP contribution in [0.25, 0.3) is 6.08 Å². The van der Waals surface area contributed by atoms with Gasteiger partial charge in [0.15, 0.2) is 0 Å². The lowest BCUT2D eigenvalue weighted by Gasteiger charge is -2.25. The quantitative estimate of drug-likeness (QED) is 0.628. The molecule has 21 heavy (non-hydrogen) atoms. The van der Waals surface area contributed by atoms with Crippen molar-refractivity contribution < 1.29 is 19.0 Å². The van der Waals surface area contributed by atoms with Crippen molar-refractivity contribution >= 4 is 28.7 Å². The number of halogens is 3. The molecule has 1 saturated carbocycles. The number of aliphatic hydroxyl groups excluding tert-OH is 2. The van der Waals surface area contributed by atoms with Gasteiger partial charge in [-0.2, -0.15) is 0 Å². The predicted octanol–water partition coefficient (Wildman–Crippen LogP) is 0.492. The molecule has 1 aromatic heterocycles. The summed E-state index contributed by atoms with van der Waals surface area (Å²) in [4.78, 5) is 25.3. The Balaban J connectivity index is 2.55. The van der Waals surface area contributed by atoms with E-state index < -0.39 is 41.8 Å². The predicted molar refractivity (Wildman–Crippen MR) is 79.6 cm³/mol. The number of hydrogen-bond donors (Lipinski definition) is 3. The lowest BCUT2D eigenvalue weighted by atomic mass is 10.0. The number of hydrogen-bond acceptors (Lipinski definition) is 4. The van der Waals surface area contributed by atoms with Gasteiger partial charge in [0, 0.05) is 12.6 Å². The van der Waals surface area contributed by atoms with E-state index in [1.807, 2.05) is 27.6 Å². The van der Waals surface area contributed by atoms with Crippen LogP contribution in [0.5, 0.6) is 0 Å². The van der Waals surface area contributed by atoms with Gasteiger partial charge in [-0.1, -0.05) is 22.6 Å². The van der Waals surface area contributed by atoms with E-state index in [4.69, 9.17) is 5.11 Å². The van der Waals surface area contributed by atoms with Gasteiger partial charge in [0.25, 0.3) is 11.5 Å². The van der Waals surface area contributed by atoms with Crippen LogP contribution in [0, 0.1) is 5.92 Å². The third kappa shape index (κ3) is 2.81. The number of aromatic nitrogens is 2. The molecule has 2 rings (SSSR count). The zero-order valence-electron chi connectivity index (χ0n) is 10.7. The van der Waals surface area contributed by atoms with Gasteiger partial charge >= 0.3 is 5.69 Å². The van der Waals surface area contributed by atoms with E-state index in [0.29, 0.717) is 4.57 Å². The van der Waals surface area contributed by atoms with Crippen LogP contribution in [0.2, 0.25) is 0 Å². The number of alkyl halides is 2. The molecular weight excluding hydrogens is 401 g/mol. The maximum Gasteiger partial charge on any atom is 0.328 e. The first-order chi connectivity index (χ1) is 9.82. The second-order valence-electron chi connectivity index (χ2n) is 4.83. The number of H-pyrrole nitrogens is 1. The van der Waals surface area contributed by atoms with Crippen molar-refractivity contribution in [3.05, 3.63) is 36.7 Å². The van der Waals surface area contributed by atoms with Crippen LogP contribution in [-0.4, -0.2) is 38.4 Å². The molecule has 0 bridgehead atoms. The minimum absolute atomic E-state index is 0.0572. The van der Waals surface area contributed by atoms with Gasteiger partial charge in [-0.3, -0.25) is 14.3 Å². The van der Waals surface area contributed by atoms with Gasteiger partial charge in [0.1, 0.15) is 6.04 Å². The molecule has 3 N–H and O–H groups in total. The Labute approximate surface area is 131 Å². The van der Waals surface area contributed by atoms with Crippen LogP contribution >= 0.6 is 22.6 Å². The van der Waals surface area contributed by atoms with Crippen molar-refractivity contribution in [2.45, 2.75) is 24.5 Å². The van der Waals surface area contributed by atoms with Gasteiger partial charge in [0.05, 0.1) is 24.2 Å². The first kappa shape index (κ1) is 16.3. The number of nitrogens with zero attached hydrogens (tertiary/aromatic N) is 1. The largest absolute Gasteiger partial charge is 0.396 e. The molecule has 0 spiro atoms. The fourth-order valence-corrected chi connectivity index (χ4v) is 2.90. The summed E-state index contributed by atoms with van der Waals surface area (Å²) >= 11 is 1.85. The van der Waals surface area contributed by atoms with Gasteiger partial charge in [-0.05, 0) is 10.2 Å². The molecule has 1 aliphatic rings. The number of aromatic amines is 1. The summed E-state index contributed by atoms with van der Waals surface area (Å²) in [6.45, 7) is -0.886. The highest BCUT2D eigenvalue weighted by Crippen LogP contribution is 2.47. The molecule has 1 fully saturated rings. The monoisotopic (exact) mass is 414 g/mol. The van der Waals surface area contributed by atoms with Crippen molar-refractivity contribution in [2.24, 2.45) is 5.92 Å². The third-order valence-corrected chi connectivity index (χ3v) is 4.00. The summed E-state index contributed by atoms with van der Waals surface area (Å²) in [5, 5.41) is 18.6. The lowest BCUT2D eigenvalue weighted by Crippen LogP contribution is -2.41. The SMILES string of the molecule is O=c1[nH]c(=O)n(C2CC(O)C(CO)C2(F)F)cc1/C=C/I. The van der Waals surface area contributed by atoms with Crippen molar-refractivity contribution in [3.63, 3.8) is 0 Å². The first-order valence-electron chi connectivity index (χ1n) is 6.11. The first-order valence-corrected chi connectivity index (χ1v) is 7.36. The van der Waals surface area contributed by atoms with Gasteiger partial charge in [-0.15, -0.1) is 0 Å². The molecule has 3 unspecified atom stereocenters. The molecule has 0 amide bonds. The van der Waals surface area contributed by atoms with Gasteiger partial charge < -0.3 is 10.2 Å². The normalized spacial score (nSPS) is 28.3. The summed E-state index contributed by atoms with van der Waals surface area (Å²) in [6, 6.07) is -1.62. The molecule has 116 valence electrons. The lowest BCUT2D eigenvalue weighted by molar-refractivity contribution is -0.101. The molecular formula is C12H13F2IN2O4. The molecule has 6 nitrogen and oxygen atoms in total. The Morgan fingerprint density at radius 1 is 1.52 bits per heavy atom. The van der Waals surface area contributed by atoms with Crippen LogP contribution in [0.4, 0.5) is 8.78 Å². The van der Waals surface area contributed by atoms with E-state index in [1.165, 1.54) is 10.2 Å². The third-order valence-electron chi connectivity index (χ3n) is 3.64. The summed E-state index contributed by atoms with van der Waals surface area (Å²) in [5.41, 5.74) is -1.59. The Kier molecular flexibility index (Phi) is 4.63. The molecule has 1 aromatic rings. The molecule has 1 heterocycles. The van der Waals surface area contributed by atoms with E-state index >= 15 is 0 Å². The highest BCUT2D eigenvalue weighted by molar-refractivity contribution is 14.1. The summed E-state index contributed by atoms with van der Waals surface area (Å²) < 4.78 is 30.7. The van der Waals surface area contributed by atoms with Gasteiger partial charge in [-0.25, -0.2) is 13.6 Å². The average molecular weight is 414 g/mol. The number of rotatable bonds is 3. The highest BCUT2D eigenvalue weighted by atomic mass is 127. The van der Waals surface area contributed by atoms with Gasteiger partial charge in [0.2, 0.25) is 0 Å². The maximum absolute atomic E-state index is 14.2. The van der Waals surface area contributed by atoms with Crippen LogP contribution in [-0.2, 0) is 0 Å². The second-order valence-corrected chi connectivity index (χ2v) is 5.55. The average Bonchev–Trinajstić information content (AvgIpc) is 2.62. The van der Waals surface area contributed by atoms with Crippen molar-refractivity contribution in [1.82, 2.24) is 9.55 Å². The maximum atomic E-state index is 14.2. The van der Waals surface area contributed by atoms with Crippen molar-refractivity contribution in [2.75, 3.05) is 6.61 Å². The zero-order valence-corrected chi connectivity index (χ0v) is 12.8. The van der Waals surface area contributed by atoms with E-state index in [9.17, 15) is 23.5 Å². The Morgan fingerprint density at radius 2 is 2.19 bits per heavy atom. The summed E-state index contributed by atoms with van der Waals surface area (Å²) in [6.07, 6.45) is 0.624. The molecule has 0 saturated heterocycles. The number of aliphatic hydroxyl groups is 2. The van der Waals surface area contributed by atoms with Crippen LogP contribution < -0.4 is 11.2 Å². The minimum atomic E-state index is -3.46. The van der Waals surface area contributed by atoms with Crippen molar-refractivity contribution in [1.29, 1.82) is 0 Å². The molecule has 0 radical (unpaired) electrons. The zero-order chi connectivity index (χ0) is 15.8. The summed E-state index contributed by atoms with van der Waals surface area (Å²) in [7, 11) is 0. The topological polar surface area (TPSA) is 95.3 Å². The fraction of sp³-hybridized carbons (Fsp3) is 0.500. The van der Waals surface area contributed by atoms with E-state index in [0.717, 1.165) is 6.20 Å². The summed E-state index contributed by atoms with van der Waals surface area (Å²) in [5.74, 6) is -5.09. The molecule has 0 aromatic carbocycles. The van der Waals surface area contributed by atoms with E-state index in [2.05, 4.69) is 0 Å². The minimum Gasteiger partial charge on any atom is -0.396 e. The molecule has 0 aliphatic heterocycles. The highest BCUT2D eigenvalue weighted by Gasteiger charge is 2.57. The second kappa shape index (κ2) is 5.97. The molecule has 9 heteroatoms. The Bertz CT molecular complexity index is 670. The molecule has 1 aliphatic carbocycles. The van der Waals surface area contributed by atoms with Crippen LogP contribution in [0.3, 0.4) is 0 Å². The van der Waals surface area contributed by atoms with E-state index in [1.54, 1.807) is 0 Å². The van der Waals surface area contributed by atoms with Crippen LogP contribution in [0.1, 0.15) is 18.0 Å². The smallest absolute Gasteiger partial charge is 0.328 e. The van der Waals surface area contributed by atoms with E-state index in [-0.39, 0.29) is 12.0 Å². The Hall–Kier alpha value is -1.07. The van der Waals surface area contributed by atoms with Crippen molar-refractivity contribution in [3.8, 4) is 0 Å². The standard InChI is InChI=1S/C12H13F2IN2O4/c13-12(14)7(5-18)8(19)3-9(12)17-4-6(1-2-15)10(20)16-11(17)21/h1-2,4,7-9,18-19H,3,5H2,(H,16,20,21)/b2-1+. The molecule has 3 atom stereocenters.